The molecule has 56 heavy (non-hydrogen) atoms. The van der Waals surface area contributed by atoms with Crippen molar-refractivity contribution in [3.63, 3.8) is 0 Å². The molecule has 0 N–H and O–H groups in total. The molecule has 0 amide bonds. The molecule has 1 heterocycles. The number of para-hydroxylation sites is 3. The number of anilines is 3. The molecule has 2 nitrogen and oxygen atoms in total. The second kappa shape index (κ2) is 12.6. The zero-order valence-corrected chi connectivity index (χ0v) is 31.8. The fraction of sp³-hybridized carbons (Fsp3) is 0.0741. The average molecular weight is 717 g/mol. The van der Waals surface area contributed by atoms with Crippen molar-refractivity contribution in [3.05, 3.63) is 193 Å². The highest BCUT2D eigenvalue weighted by Crippen LogP contribution is 2.51. The summed E-state index contributed by atoms with van der Waals surface area (Å²) in [5.41, 5.74) is 17.5. The third-order valence-corrected chi connectivity index (χ3v) is 12.0. The lowest BCUT2D eigenvalue weighted by Gasteiger charge is -2.31. The van der Waals surface area contributed by atoms with Gasteiger partial charge in [-0.1, -0.05) is 123 Å². The second-order valence-electron chi connectivity index (χ2n) is 15.6. The first kappa shape index (κ1) is 32.5. The lowest BCUT2D eigenvalue weighted by Crippen LogP contribution is -2.13. The molecular formula is C54H40N2. The molecule has 0 bridgehead atoms. The van der Waals surface area contributed by atoms with Gasteiger partial charge in [0.25, 0.3) is 0 Å². The molecule has 1 aromatic heterocycles. The summed E-state index contributed by atoms with van der Waals surface area (Å²) in [5.74, 6) is 0.424. The van der Waals surface area contributed by atoms with Gasteiger partial charge < -0.3 is 9.47 Å². The van der Waals surface area contributed by atoms with Crippen molar-refractivity contribution >= 4 is 60.4 Å². The van der Waals surface area contributed by atoms with Crippen LogP contribution in [0.5, 0.6) is 0 Å². The molecule has 2 heteroatoms. The van der Waals surface area contributed by atoms with Gasteiger partial charge in [0.1, 0.15) is 0 Å². The first-order valence-corrected chi connectivity index (χ1v) is 19.7. The van der Waals surface area contributed by atoms with Gasteiger partial charge in [-0.3, -0.25) is 0 Å². The fourth-order valence-corrected chi connectivity index (χ4v) is 9.04. The molecule has 0 saturated heterocycles. The topological polar surface area (TPSA) is 8.17 Å². The van der Waals surface area contributed by atoms with Gasteiger partial charge in [-0.15, -0.1) is 0 Å². The van der Waals surface area contributed by atoms with Crippen LogP contribution in [-0.4, -0.2) is 4.57 Å². The number of hydrogen-bond acceptors (Lipinski definition) is 1. The highest BCUT2D eigenvalue weighted by Gasteiger charge is 2.25. The zero-order valence-electron chi connectivity index (χ0n) is 31.8. The van der Waals surface area contributed by atoms with Gasteiger partial charge in [0.15, 0.2) is 0 Å². The quantitative estimate of drug-likeness (QED) is 0.166. The maximum atomic E-state index is 2.47. The molecule has 0 atom stereocenters. The van der Waals surface area contributed by atoms with E-state index in [1.165, 1.54) is 105 Å². The Morgan fingerprint density at radius 3 is 1.68 bits per heavy atom. The molecule has 1 aliphatic rings. The Morgan fingerprint density at radius 1 is 0.429 bits per heavy atom. The monoisotopic (exact) mass is 716 g/mol. The maximum absolute atomic E-state index is 2.47. The van der Waals surface area contributed by atoms with Crippen LogP contribution < -0.4 is 4.90 Å². The number of aryl methyl sites for hydroxylation is 1. The molecule has 10 aromatic rings. The smallest absolute Gasteiger partial charge is 0.0541 e. The summed E-state index contributed by atoms with van der Waals surface area (Å²) in [4.78, 5) is 2.47. The third kappa shape index (κ3) is 5.03. The Kier molecular flexibility index (Phi) is 7.31. The summed E-state index contributed by atoms with van der Waals surface area (Å²) >= 11 is 0. The van der Waals surface area contributed by atoms with Crippen LogP contribution in [0.2, 0.25) is 0 Å². The Morgan fingerprint density at radius 2 is 1.00 bits per heavy atom. The van der Waals surface area contributed by atoms with Crippen LogP contribution in [0.15, 0.2) is 182 Å². The van der Waals surface area contributed by atoms with Crippen molar-refractivity contribution in [2.75, 3.05) is 4.90 Å². The van der Waals surface area contributed by atoms with Crippen LogP contribution in [0.4, 0.5) is 17.1 Å². The number of aromatic nitrogens is 1. The van der Waals surface area contributed by atoms with Crippen LogP contribution >= 0.6 is 0 Å². The standard InChI is InChI=1S/C54H40N2/c1-34(2)37-22-21-35(3)54(33-37)56(51-18-10-7-15-44(51)36-13-5-4-6-14-36)43-26-24-39-30-48-49-31-40-27-42(25-23-38(40)29-47(49)50(48)32-41(39)28-43)55-52-19-11-8-16-45(52)46-17-9-12-20-53(46)55/h4-34H,1-3H3. The minimum atomic E-state index is 0.424. The van der Waals surface area contributed by atoms with Crippen LogP contribution in [-0.2, 0) is 0 Å². The van der Waals surface area contributed by atoms with E-state index < -0.39 is 0 Å². The first-order chi connectivity index (χ1) is 27.5. The van der Waals surface area contributed by atoms with E-state index in [0.29, 0.717) is 5.92 Å². The van der Waals surface area contributed by atoms with E-state index in [2.05, 4.69) is 212 Å². The van der Waals surface area contributed by atoms with Gasteiger partial charge in [-0.05, 0) is 146 Å². The maximum Gasteiger partial charge on any atom is 0.0541 e. The summed E-state index contributed by atoms with van der Waals surface area (Å²) < 4.78 is 2.41. The van der Waals surface area contributed by atoms with E-state index in [0.717, 1.165) is 5.69 Å². The van der Waals surface area contributed by atoms with Crippen LogP contribution in [0.3, 0.4) is 0 Å². The summed E-state index contributed by atoms with van der Waals surface area (Å²) in [6.45, 7) is 6.78. The van der Waals surface area contributed by atoms with E-state index in [-0.39, 0.29) is 0 Å². The molecule has 0 unspecified atom stereocenters. The first-order valence-electron chi connectivity index (χ1n) is 19.7. The van der Waals surface area contributed by atoms with E-state index in [9.17, 15) is 0 Å². The van der Waals surface area contributed by atoms with Gasteiger partial charge in [0, 0.05) is 33.4 Å². The van der Waals surface area contributed by atoms with E-state index in [1.807, 2.05) is 0 Å². The Balaban J connectivity index is 1.03. The van der Waals surface area contributed by atoms with E-state index in [1.54, 1.807) is 0 Å². The summed E-state index contributed by atoms with van der Waals surface area (Å²) in [6, 6.07) is 67.5. The zero-order chi connectivity index (χ0) is 37.5. The SMILES string of the molecule is Cc1ccc(C(C)C)cc1N(c1ccc2cc3c(cc2c1)-c1cc2ccc(-n4c5ccccc5c5ccccc54)cc2cc1-3)c1ccccc1-c1ccccc1. The number of hydrogen-bond donors (Lipinski definition) is 0. The predicted octanol–water partition coefficient (Wildman–Crippen LogP) is 15.3. The lowest BCUT2D eigenvalue weighted by atomic mass is 9.78. The molecule has 0 aliphatic heterocycles. The molecule has 9 aromatic carbocycles. The minimum absolute atomic E-state index is 0.424. The molecule has 0 fully saturated rings. The van der Waals surface area contributed by atoms with Gasteiger partial charge in [-0.2, -0.15) is 0 Å². The van der Waals surface area contributed by atoms with Crippen molar-refractivity contribution in [2.24, 2.45) is 0 Å². The molecule has 0 spiro atoms. The summed E-state index contributed by atoms with van der Waals surface area (Å²) in [5, 5.41) is 7.58. The van der Waals surface area contributed by atoms with Crippen molar-refractivity contribution < 1.29 is 0 Å². The second-order valence-corrected chi connectivity index (χ2v) is 15.6. The van der Waals surface area contributed by atoms with Crippen molar-refractivity contribution in [1.82, 2.24) is 4.57 Å². The van der Waals surface area contributed by atoms with Crippen molar-refractivity contribution in [2.45, 2.75) is 26.7 Å². The molecule has 0 radical (unpaired) electrons. The lowest BCUT2D eigenvalue weighted by molar-refractivity contribution is 0.865. The van der Waals surface area contributed by atoms with Crippen molar-refractivity contribution in [3.8, 4) is 39.1 Å². The van der Waals surface area contributed by atoms with Crippen LogP contribution in [0.25, 0.3) is 82.4 Å². The number of benzene rings is 9. The highest BCUT2D eigenvalue weighted by atomic mass is 15.1. The van der Waals surface area contributed by atoms with Gasteiger partial charge in [0.2, 0.25) is 0 Å². The third-order valence-electron chi connectivity index (χ3n) is 12.0. The molecule has 266 valence electrons. The molecule has 1 aliphatic carbocycles. The Labute approximate surface area is 327 Å². The average Bonchev–Trinajstić information content (AvgIpc) is 3.58. The molecule has 11 rings (SSSR count). The van der Waals surface area contributed by atoms with Gasteiger partial charge in [0.05, 0.1) is 16.7 Å². The highest BCUT2D eigenvalue weighted by molar-refractivity contribution is 6.13. The number of fused-ring (bicyclic) bond motifs is 9. The van der Waals surface area contributed by atoms with Gasteiger partial charge in [-0.25, -0.2) is 0 Å². The number of nitrogens with zero attached hydrogens (tertiary/aromatic N) is 2. The molecular weight excluding hydrogens is 677 g/mol. The van der Waals surface area contributed by atoms with Crippen molar-refractivity contribution in [1.29, 1.82) is 0 Å². The summed E-state index contributed by atoms with van der Waals surface area (Å²) in [6.07, 6.45) is 0. The van der Waals surface area contributed by atoms with Crippen LogP contribution in [0.1, 0.15) is 30.9 Å². The van der Waals surface area contributed by atoms with E-state index >= 15 is 0 Å². The fourth-order valence-electron chi connectivity index (χ4n) is 9.04. The number of rotatable bonds is 6. The van der Waals surface area contributed by atoms with Gasteiger partial charge >= 0.3 is 0 Å². The minimum Gasteiger partial charge on any atom is -0.310 e. The summed E-state index contributed by atoms with van der Waals surface area (Å²) in [7, 11) is 0. The largest absolute Gasteiger partial charge is 0.310 e. The van der Waals surface area contributed by atoms with E-state index in [4.69, 9.17) is 0 Å². The Bertz CT molecular complexity index is 3130. The van der Waals surface area contributed by atoms with Crippen LogP contribution in [0, 0.1) is 6.92 Å². The molecule has 0 saturated carbocycles. The normalized spacial score (nSPS) is 12.0. The Hall–Kier alpha value is -6.90. The predicted molar refractivity (Wildman–Crippen MR) is 239 cm³/mol.